The van der Waals surface area contributed by atoms with Crippen LogP contribution in [0.1, 0.15) is 0 Å². The van der Waals surface area contributed by atoms with E-state index in [1.165, 1.54) is 31.6 Å². The molecule has 0 amide bonds. The van der Waals surface area contributed by atoms with Crippen molar-refractivity contribution < 1.29 is 17.6 Å². The Labute approximate surface area is 132 Å². The molecule has 0 atom stereocenters. The van der Waals surface area contributed by atoms with Crippen molar-refractivity contribution in [3.63, 3.8) is 0 Å². The van der Waals surface area contributed by atoms with Crippen LogP contribution in [0.2, 0.25) is 5.02 Å². The van der Waals surface area contributed by atoms with Gasteiger partial charge in [-0.15, -0.1) is 0 Å². The molecule has 0 aliphatic heterocycles. The van der Waals surface area contributed by atoms with Crippen molar-refractivity contribution in [2.45, 2.75) is 4.90 Å². The smallest absolute Gasteiger partial charge is 0.262 e. The topological polar surface area (TPSA) is 68.5 Å². The largest absolute Gasteiger partial charge is 0.495 e. The maximum Gasteiger partial charge on any atom is 0.262 e. The van der Waals surface area contributed by atoms with Crippen molar-refractivity contribution in [1.29, 1.82) is 0 Å². The summed E-state index contributed by atoms with van der Waals surface area (Å²) in [5.41, 5.74) is 0.904. The lowest BCUT2D eigenvalue weighted by atomic mass is 10.3. The molecule has 0 saturated heterocycles. The van der Waals surface area contributed by atoms with Gasteiger partial charge in [0.15, 0.2) is 0 Å². The molecule has 0 bridgehead atoms. The molecule has 1 aromatic heterocycles. The third-order valence-corrected chi connectivity index (χ3v) is 4.74. The van der Waals surface area contributed by atoms with Gasteiger partial charge in [0, 0.05) is 10.4 Å². The Morgan fingerprint density at radius 3 is 2.73 bits per heavy atom. The standard InChI is InChI=1S/C15H12ClNO4S/c1-20-15-4-2-11(16)9-13(15)17-22(18,19)12-3-5-14-10(8-12)6-7-21-14/h2-9,17H,1H3. The molecule has 0 aliphatic rings. The molecule has 5 nitrogen and oxygen atoms in total. The summed E-state index contributed by atoms with van der Waals surface area (Å²) in [6.07, 6.45) is 1.51. The lowest BCUT2D eigenvalue weighted by Gasteiger charge is -2.12. The number of halogens is 1. The quantitative estimate of drug-likeness (QED) is 0.784. The van der Waals surface area contributed by atoms with Crippen molar-refractivity contribution in [2.24, 2.45) is 0 Å². The van der Waals surface area contributed by atoms with Gasteiger partial charge in [0.05, 0.1) is 24.0 Å². The molecule has 22 heavy (non-hydrogen) atoms. The average Bonchev–Trinajstić information content (AvgIpc) is 2.94. The molecule has 0 aliphatic carbocycles. The zero-order valence-electron chi connectivity index (χ0n) is 11.5. The number of nitrogens with one attached hydrogen (secondary N) is 1. The Morgan fingerprint density at radius 1 is 1.14 bits per heavy atom. The van der Waals surface area contributed by atoms with E-state index < -0.39 is 10.0 Å². The van der Waals surface area contributed by atoms with E-state index in [1.54, 1.807) is 24.3 Å². The molecule has 114 valence electrons. The van der Waals surface area contributed by atoms with Crippen LogP contribution < -0.4 is 9.46 Å². The minimum absolute atomic E-state index is 0.128. The fourth-order valence-electron chi connectivity index (χ4n) is 2.08. The van der Waals surface area contributed by atoms with E-state index in [9.17, 15) is 8.42 Å². The van der Waals surface area contributed by atoms with Gasteiger partial charge in [0.25, 0.3) is 10.0 Å². The Kier molecular flexibility index (Phi) is 3.72. The van der Waals surface area contributed by atoms with Gasteiger partial charge in [0.2, 0.25) is 0 Å². The molecule has 3 rings (SSSR count). The first-order chi connectivity index (χ1) is 10.5. The average molecular weight is 338 g/mol. The predicted octanol–water partition coefficient (Wildman–Crippen LogP) is 3.90. The first-order valence-electron chi connectivity index (χ1n) is 6.33. The van der Waals surface area contributed by atoms with Crippen LogP contribution in [0, 0.1) is 0 Å². The number of rotatable bonds is 4. The number of benzene rings is 2. The maximum absolute atomic E-state index is 12.5. The van der Waals surface area contributed by atoms with Crippen LogP contribution in [0.15, 0.2) is 58.0 Å². The Balaban J connectivity index is 2.01. The summed E-state index contributed by atoms with van der Waals surface area (Å²) in [4.78, 5) is 0.128. The number of hydrogen-bond acceptors (Lipinski definition) is 4. The van der Waals surface area contributed by atoms with Gasteiger partial charge < -0.3 is 9.15 Å². The second kappa shape index (κ2) is 5.55. The van der Waals surface area contributed by atoms with Gasteiger partial charge in [-0.3, -0.25) is 4.72 Å². The van der Waals surface area contributed by atoms with Crippen LogP contribution in [0.4, 0.5) is 5.69 Å². The van der Waals surface area contributed by atoms with Gasteiger partial charge in [-0.2, -0.15) is 0 Å². The van der Waals surface area contributed by atoms with Crippen molar-refractivity contribution in [3.8, 4) is 5.75 Å². The number of anilines is 1. The monoisotopic (exact) mass is 337 g/mol. The van der Waals surface area contributed by atoms with E-state index in [4.69, 9.17) is 20.8 Å². The minimum Gasteiger partial charge on any atom is -0.495 e. The van der Waals surface area contributed by atoms with Crippen molar-refractivity contribution in [2.75, 3.05) is 11.8 Å². The SMILES string of the molecule is COc1ccc(Cl)cc1NS(=O)(=O)c1ccc2occc2c1. The highest BCUT2D eigenvalue weighted by molar-refractivity contribution is 7.92. The van der Waals surface area contributed by atoms with Gasteiger partial charge >= 0.3 is 0 Å². The Bertz CT molecular complexity index is 934. The molecule has 0 spiro atoms. The number of fused-ring (bicyclic) bond motifs is 1. The summed E-state index contributed by atoms with van der Waals surface area (Å²) in [5.74, 6) is 0.386. The van der Waals surface area contributed by atoms with Gasteiger partial charge in [-0.05, 0) is 42.5 Å². The van der Waals surface area contributed by atoms with Crippen LogP contribution >= 0.6 is 11.6 Å². The Hall–Kier alpha value is -2.18. The second-order valence-electron chi connectivity index (χ2n) is 4.57. The lowest BCUT2D eigenvalue weighted by Crippen LogP contribution is -2.13. The lowest BCUT2D eigenvalue weighted by molar-refractivity contribution is 0.417. The van der Waals surface area contributed by atoms with Crippen molar-refractivity contribution in [1.82, 2.24) is 0 Å². The van der Waals surface area contributed by atoms with E-state index in [-0.39, 0.29) is 10.6 Å². The van der Waals surface area contributed by atoms with E-state index in [0.717, 1.165) is 0 Å². The number of ether oxygens (including phenoxy) is 1. The summed E-state index contributed by atoms with van der Waals surface area (Å²) in [6, 6.07) is 11.0. The summed E-state index contributed by atoms with van der Waals surface area (Å²) < 4.78 is 37.8. The van der Waals surface area contributed by atoms with E-state index >= 15 is 0 Å². The highest BCUT2D eigenvalue weighted by atomic mass is 35.5. The highest BCUT2D eigenvalue weighted by Gasteiger charge is 2.17. The van der Waals surface area contributed by atoms with Crippen molar-refractivity contribution in [3.05, 3.63) is 53.8 Å². The zero-order valence-corrected chi connectivity index (χ0v) is 13.1. The van der Waals surface area contributed by atoms with Crippen molar-refractivity contribution >= 4 is 38.3 Å². The third kappa shape index (κ3) is 2.75. The van der Waals surface area contributed by atoms with E-state index in [2.05, 4.69) is 4.72 Å². The minimum atomic E-state index is -3.76. The molecule has 0 fully saturated rings. The maximum atomic E-state index is 12.5. The molecule has 3 aromatic rings. The molecular formula is C15H12ClNO4S. The van der Waals surface area contributed by atoms with Crippen LogP contribution in [0.25, 0.3) is 11.0 Å². The Morgan fingerprint density at radius 2 is 1.95 bits per heavy atom. The summed E-state index contributed by atoms with van der Waals surface area (Å²) in [6.45, 7) is 0. The fourth-order valence-corrected chi connectivity index (χ4v) is 3.34. The fraction of sp³-hybridized carbons (Fsp3) is 0.0667. The molecule has 2 aromatic carbocycles. The predicted molar refractivity (Wildman–Crippen MR) is 85.0 cm³/mol. The number of furan rings is 1. The van der Waals surface area contributed by atoms with Crippen LogP contribution in [-0.4, -0.2) is 15.5 Å². The molecule has 0 saturated carbocycles. The second-order valence-corrected chi connectivity index (χ2v) is 6.69. The summed E-state index contributed by atoms with van der Waals surface area (Å²) >= 11 is 5.91. The zero-order chi connectivity index (χ0) is 15.7. The normalized spacial score (nSPS) is 11.5. The summed E-state index contributed by atoms with van der Waals surface area (Å²) in [5, 5.41) is 1.12. The molecular weight excluding hydrogens is 326 g/mol. The first-order valence-corrected chi connectivity index (χ1v) is 8.19. The molecule has 0 unspecified atom stereocenters. The van der Waals surface area contributed by atoms with Crippen LogP contribution in [0.3, 0.4) is 0 Å². The molecule has 1 heterocycles. The number of sulfonamides is 1. The van der Waals surface area contributed by atoms with Gasteiger partial charge in [-0.1, -0.05) is 11.6 Å². The van der Waals surface area contributed by atoms with E-state index in [0.29, 0.717) is 21.7 Å². The number of methoxy groups -OCH3 is 1. The molecule has 1 N–H and O–H groups in total. The first kappa shape index (κ1) is 14.7. The molecule has 0 radical (unpaired) electrons. The molecule has 7 heteroatoms. The van der Waals surface area contributed by atoms with Crippen LogP contribution in [-0.2, 0) is 10.0 Å². The van der Waals surface area contributed by atoms with Crippen LogP contribution in [0.5, 0.6) is 5.75 Å². The number of hydrogen-bond donors (Lipinski definition) is 1. The van der Waals surface area contributed by atoms with Gasteiger partial charge in [0.1, 0.15) is 11.3 Å². The third-order valence-electron chi connectivity index (χ3n) is 3.14. The van der Waals surface area contributed by atoms with E-state index in [1.807, 2.05) is 0 Å². The highest BCUT2D eigenvalue weighted by Crippen LogP contribution is 2.30. The van der Waals surface area contributed by atoms with Gasteiger partial charge in [-0.25, -0.2) is 8.42 Å². The summed E-state index contributed by atoms with van der Waals surface area (Å²) in [7, 11) is -2.31.